The Morgan fingerprint density at radius 3 is 2.28 bits per heavy atom. The summed E-state index contributed by atoms with van der Waals surface area (Å²) < 4.78 is 5.61. The van der Waals surface area contributed by atoms with E-state index in [4.69, 9.17) is 4.74 Å². The maximum atomic E-state index is 5.61. The summed E-state index contributed by atoms with van der Waals surface area (Å²) in [5.74, 6) is 1.73. The highest BCUT2D eigenvalue weighted by molar-refractivity contribution is 5.79. The molecule has 0 atom stereocenters. The number of rotatable bonds is 6. The van der Waals surface area contributed by atoms with Crippen molar-refractivity contribution in [3.8, 4) is 5.75 Å². The van der Waals surface area contributed by atoms with Crippen molar-refractivity contribution in [2.45, 2.75) is 20.8 Å². The second-order valence-electron chi connectivity index (χ2n) is 3.95. The average molecular weight is 249 g/mol. The Morgan fingerprint density at radius 1 is 1.11 bits per heavy atom. The van der Waals surface area contributed by atoms with E-state index < -0.39 is 0 Å². The van der Waals surface area contributed by atoms with E-state index in [1.165, 1.54) is 5.56 Å². The molecule has 0 saturated heterocycles. The maximum Gasteiger partial charge on any atom is 0.191 e. The molecule has 18 heavy (non-hydrogen) atoms. The van der Waals surface area contributed by atoms with Crippen LogP contribution in [0, 0.1) is 6.92 Å². The number of aliphatic imine (C=N–C) groups is 1. The Balaban J connectivity index is 2.31. The SMILES string of the molecule is CCNC(=NCCOc1ccc(C)cc1)NCC. The van der Waals surface area contributed by atoms with Gasteiger partial charge in [0.25, 0.3) is 0 Å². The van der Waals surface area contributed by atoms with Gasteiger partial charge in [-0.15, -0.1) is 0 Å². The topological polar surface area (TPSA) is 45.7 Å². The highest BCUT2D eigenvalue weighted by atomic mass is 16.5. The predicted octanol–water partition coefficient (Wildman–Crippen LogP) is 1.95. The van der Waals surface area contributed by atoms with Crippen LogP contribution in [-0.4, -0.2) is 32.2 Å². The fourth-order valence-corrected chi connectivity index (χ4v) is 1.46. The molecule has 0 unspecified atom stereocenters. The standard InChI is InChI=1S/C14H23N3O/c1-4-15-14(16-5-2)17-10-11-18-13-8-6-12(3)7-9-13/h6-9H,4-5,10-11H2,1-3H3,(H2,15,16,17). The molecule has 0 spiro atoms. The van der Waals surface area contributed by atoms with Crippen molar-refractivity contribution in [2.75, 3.05) is 26.2 Å². The molecule has 4 nitrogen and oxygen atoms in total. The van der Waals surface area contributed by atoms with Crippen molar-refractivity contribution in [3.63, 3.8) is 0 Å². The fraction of sp³-hybridized carbons (Fsp3) is 0.500. The summed E-state index contributed by atoms with van der Waals surface area (Å²) in [6.45, 7) is 9.13. The first-order valence-corrected chi connectivity index (χ1v) is 6.48. The van der Waals surface area contributed by atoms with Crippen molar-refractivity contribution in [2.24, 2.45) is 4.99 Å². The second kappa shape index (κ2) is 8.39. The van der Waals surface area contributed by atoms with E-state index in [0.717, 1.165) is 24.8 Å². The van der Waals surface area contributed by atoms with Gasteiger partial charge in [0.05, 0.1) is 6.54 Å². The molecule has 2 N–H and O–H groups in total. The minimum Gasteiger partial charge on any atom is -0.492 e. The number of hydrogen-bond acceptors (Lipinski definition) is 2. The lowest BCUT2D eigenvalue weighted by Gasteiger charge is -2.09. The van der Waals surface area contributed by atoms with Crippen LogP contribution >= 0.6 is 0 Å². The first-order chi connectivity index (χ1) is 8.76. The third-order valence-corrected chi connectivity index (χ3v) is 2.34. The average Bonchev–Trinajstić information content (AvgIpc) is 2.37. The highest BCUT2D eigenvalue weighted by Gasteiger charge is 1.95. The molecule has 0 saturated carbocycles. The molecule has 1 rings (SSSR count). The van der Waals surface area contributed by atoms with Crippen LogP contribution in [0.15, 0.2) is 29.3 Å². The zero-order valence-corrected chi connectivity index (χ0v) is 11.5. The summed E-state index contributed by atoms with van der Waals surface area (Å²) in [7, 11) is 0. The number of ether oxygens (including phenoxy) is 1. The monoisotopic (exact) mass is 249 g/mol. The molecule has 0 aliphatic rings. The Labute approximate surface area is 109 Å². The van der Waals surface area contributed by atoms with E-state index in [-0.39, 0.29) is 0 Å². The van der Waals surface area contributed by atoms with Gasteiger partial charge in [-0.05, 0) is 32.9 Å². The lowest BCUT2D eigenvalue weighted by atomic mass is 10.2. The lowest BCUT2D eigenvalue weighted by Crippen LogP contribution is -2.37. The van der Waals surface area contributed by atoms with E-state index in [1.807, 2.05) is 24.3 Å². The molecule has 0 aliphatic carbocycles. The second-order valence-corrected chi connectivity index (χ2v) is 3.95. The Bertz CT molecular complexity index is 352. The van der Waals surface area contributed by atoms with E-state index >= 15 is 0 Å². The third-order valence-electron chi connectivity index (χ3n) is 2.34. The Morgan fingerprint density at radius 2 is 1.72 bits per heavy atom. The molecule has 4 heteroatoms. The summed E-state index contributed by atoms with van der Waals surface area (Å²) in [4.78, 5) is 4.41. The smallest absolute Gasteiger partial charge is 0.191 e. The van der Waals surface area contributed by atoms with Crippen molar-refractivity contribution < 1.29 is 4.74 Å². The molecule has 0 radical (unpaired) electrons. The van der Waals surface area contributed by atoms with Gasteiger partial charge < -0.3 is 15.4 Å². The zero-order valence-electron chi connectivity index (χ0n) is 11.5. The molecule has 0 aromatic heterocycles. The molecule has 0 fully saturated rings. The summed E-state index contributed by atoms with van der Waals surface area (Å²) in [5, 5.41) is 6.35. The van der Waals surface area contributed by atoms with E-state index in [9.17, 15) is 0 Å². The molecular weight excluding hydrogens is 226 g/mol. The number of guanidine groups is 1. The van der Waals surface area contributed by atoms with Gasteiger partial charge in [0.2, 0.25) is 0 Å². The van der Waals surface area contributed by atoms with Crippen LogP contribution in [-0.2, 0) is 0 Å². The van der Waals surface area contributed by atoms with E-state index in [1.54, 1.807) is 0 Å². The van der Waals surface area contributed by atoms with Crippen molar-refractivity contribution in [3.05, 3.63) is 29.8 Å². The number of nitrogens with one attached hydrogen (secondary N) is 2. The zero-order chi connectivity index (χ0) is 13.2. The quantitative estimate of drug-likeness (QED) is 0.460. The molecular formula is C14H23N3O. The molecule has 1 aromatic carbocycles. The number of hydrogen-bond donors (Lipinski definition) is 2. The van der Waals surface area contributed by atoms with Crippen LogP contribution in [0.1, 0.15) is 19.4 Å². The van der Waals surface area contributed by atoms with Gasteiger partial charge in [0.15, 0.2) is 5.96 Å². The number of benzene rings is 1. The van der Waals surface area contributed by atoms with Crippen molar-refractivity contribution in [1.82, 2.24) is 10.6 Å². The normalized spacial score (nSPS) is 9.72. The first-order valence-electron chi connectivity index (χ1n) is 6.48. The summed E-state index contributed by atoms with van der Waals surface area (Å²) in [6.07, 6.45) is 0. The highest BCUT2D eigenvalue weighted by Crippen LogP contribution is 2.10. The summed E-state index contributed by atoms with van der Waals surface area (Å²) in [5.41, 5.74) is 1.24. The number of aryl methyl sites for hydroxylation is 1. The minimum atomic E-state index is 0.587. The van der Waals surface area contributed by atoms with Gasteiger partial charge in [-0.2, -0.15) is 0 Å². The summed E-state index contributed by atoms with van der Waals surface area (Å²) in [6, 6.07) is 8.05. The third kappa shape index (κ3) is 5.57. The van der Waals surface area contributed by atoms with Gasteiger partial charge in [-0.25, -0.2) is 4.99 Å². The molecule has 100 valence electrons. The van der Waals surface area contributed by atoms with E-state index in [2.05, 4.69) is 36.4 Å². The van der Waals surface area contributed by atoms with Crippen LogP contribution in [0.5, 0.6) is 5.75 Å². The van der Waals surface area contributed by atoms with Gasteiger partial charge in [0.1, 0.15) is 12.4 Å². The predicted molar refractivity (Wildman–Crippen MR) is 76.3 cm³/mol. The maximum absolute atomic E-state index is 5.61. The van der Waals surface area contributed by atoms with Gasteiger partial charge in [-0.3, -0.25) is 0 Å². The Hall–Kier alpha value is -1.71. The minimum absolute atomic E-state index is 0.587. The van der Waals surface area contributed by atoms with Crippen molar-refractivity contribution in [1.29, 1.82) is 0 Å². The Kier molecular flexibility index (Phi) is 6.69. The largest absolute Gasteiger partial charge is 0.492 e. The number of nitrogens with zero attached hydrogens (tertiary/aromatic N) is 1. The molecule has 0 heterocycles. The summed E-state index contributed by atoms with van der Waals surface area (Å²) >= 11 is 0. The van der Waals surface area contributed by atoms with Crippen LogP contribution in [0.2, 0.25) is 0 Å². The van der Waals surface area contributed by atoms with Gasteiger partial charge >= 0.3 is 0 Å². The van der Waals surface area contributed by atoms with E-state index in [0.29, 0.717) is 13.2 Å². The van der Waals surface area contributed by atoms with Crippen LogP contribution < -0.4 is 15.4 Å². The van der Waals surface area contributed by atoms with Gasteiger partial charge in [-0.1, -0.05) is 17.7 Å². The molecule has 0 aliphatic heterocycles. The molecule has 0 bridgehead atoms. The lowest BCUT2D eigenvalue weighted by molar-refractivity contribution is 0.328. The van der Waals surface area contributed by atoms with Crippen LogP contribution in [0.4, 0.5) is 0 Å². The fourth-order valence-electron chi connectivity index (χ4n) is 1.46. The molecule has 1 aromatic rings. The van der Waals surface area contributed by atoms with Crippen LogP contribution in [0.25, 0.3) is 0 Å². The first kappa shape index (κ1) is 14.4. The molecule has 0 amide bonds. The van der Waals surface area contributed by atoms with Crippen LogP contribution in [0.3, 0.4) is 0 Å². The van der Waals surface area contributed by atoms with Crippen molar-refractivity contribution >= 4 is 5.96 Å². The van der Waals surface area contributed by atoms with Gasteiger partial charge in [0, 0.05) is 13.1 Å².